The molecular formula is C18H20N4O2S. The van der Waals surface area contributed by atoms with E-state index in [0.717, 1.165) is 10.8 Å². The molecule has 2 aromatic heterocycles. The lowest BCUT2D eigenvalue weighted by Gasteiger charge is -2.11. The Morgan fingerprint density at radius 3 is 2.84 bits per heavy atom. The van der Waals surface area contributed by atoms with E-state index in [0.29, 0.717) is 23.8 Å². The van der Waals surface area contributed by atoms with Crippen LogP contribution in [0.3, 0.4) is 0 Å². The van der Waals surface area contributed by atoms with Crippen molar-refractivity contribution in [2.24, 2.45) is 0 Å². The first-order valence-corrected chi connectivity index (χ1v) is 8.98. The molecule has 130 valence electrons. The fraction of sp³-hybridized carbons (Fsp3) is 0.278. The van der Waals surface area contributed by atoms with Crippen molar-refractivity contribution in [2.45, 2.75) is 32.3 Å². The number of benzene rings is 1. The average Bonchev–Trinajstić information content (AvgIpc) is 3.17. The number of imidazole rings is 1. The van der Waals surface area contributed by atoms with E-state index in [1.807, 2.05) is 6.20 Å². The number of thioether (sulfide) groups is 1. The van der Waals surface area contributed by atoms with Gasteiger partial charge in [-0.3, -0.25) is 9.36 Å². The summed E-state index contributed by atoms with van der Waals surface area (Å²) in [6, 6.07) is 8.02. The Labute approximate surface area is 150 Å². The summed E-state index contributed by atoms with van der Waals surface area (Å²) in [5.74, 6) is 1.65. The largest absolute Gasteiger partial charge is 0.360 e. The first-order valence-electron chi connectivity index (χ1n) is 8.00. The summed E-state index contributed by atoms with van der Waals surface area (Å²) in [5.41, 5.74) is 3.53. The summed E-state index contributed by atoms with van der Waals surface area (Å²) in [6.45, 7) is 5.95. The van der Waals surface area contributed by atoms with E-state index >= 15 is 0 Å². The smallest absolute Gasteiger partial charge is 0.226 e. The van der Waals surface area contributed by atoms with Crippen LogP contribution in [0.5, 0.6) is 0 Å². The number of hydrogen-bond acceptors (Lipinski definition) is 5. The van der Waals surface area contributed by atoms with Crippen molar-refractivity contribution in [2.75, 3.05) is 11.1 Å². The molecule has 0 radical (unpaired) electrons. The Hall–Kier alpha value is -2.54. The van der Waals surface area contributed by atoms with E-state index < -0.39 is 0 Å². The summed E-state index contributed by atoms with van der Waals surface area (Å²) in [5, 5.41) is 7.35. The number of carbonyl (C=O) groups excluding carboxylic acids is 1. The van der Waals surface area contributed by atoms with Crippen LogP contribution in [0.15, 0.2) is 46.3 Å². The van der Waals surface area contributed by atoms with Gasteiger partial charge in [0.15, 0.2) is 11.0 Å². The van der Waals surface area contributed by atoms with E-state index in [9.17, 15) is 4.79 Å². The molecular weight excluding hydrogens is 336 g/mol. The van der Waals surface area contributed by atoms with Gasteiger partial charge in [-0.05, 0) is 32.4 Å². The highest BCUT2D eigenvalue weighted by Gasteiger charge is 2.10. The number of carbonyl (C=O) groups is 1. The zero-order chi connectivity index (χ0) is 17.8. The van der Waals surface area contributed by atoms with E-state index in [2.05, 4.69) is 52.1 Å². The van der Waals surface area contributed by atoms with Crippen LogP contribution < -0.4 is 5.32 Å². The Bertz CT molecular complexity index is 885. The summed E-state index contributed by atoms with van der Waals surface area (Å²) >= 11 is 1.55. The van der Waals surface area contributed by atoms with Crippen LogP contribution >= 0.6 is 11.8 Å². The van der Waals surface area contributed by atoms with Crippen LogP contribution in [0.1, 0.15) is 23.3 Å². The molecule has 25 heavy (non-hydrogen) atoms. The van der Waals surface area contributed by atoms with Gasteiger partial charge in [-0.1, -0.05) is 34.6 Å². The molecule has 0 aliphatic carbocycles. The van der Waals surface area contributed by atoms with Crippen molar-refractivity contribution in [1.82, 2.24) is 14.7 Å². The molecule has 0 aliphatic rings. The average molecular weight is 356 g/mol. The van der Waals surface area contributed by atoms with Gasteiger partial charge in [0.25, 0.3) is 0 Å². The molecule has 6 nitrogen and oxygen atoms in total. The standard InChI is InChI=1S/C18H20N4O2S/c1-12-4-5-15(13(2)10-12)22-8-7-19-18(22)25-9-6-17(23)20-16-11-14(3)24-21-16/h4-5,7-8,10-11H,6,9H2,1-3H3,(H,20,21,23). The van der Waals surface area contributed by atoms with Crippen molar-refractivity contribution >= 4 is 23.5 Å². The second-order valence-corrected chi connectivity index (χ2v) is 6.90. The second kappa shape index (κ2) is 7.57. The van der Waals surface area contributed by atoms with Gasteiger partial charge in [0.1, 0.15) is 5.76 Å². The van der Waals surface area contributed by atoms with Gasteiger partial charge >= 0.3 is 0 Å². The third kappa shape index (κ3) is 4.30. The normalized spacial score (nSPS) is 10.8. The molecule has 0 atom stereocenters. The van der Waals surface area contributed by atoms with Crippen LogP contribution in [0.2, 0.25) is 0 Å². The Morgan fingerprint density at radius 1 is 1.28 bits per heavy atom. The number of amides is 1. The first kappa shape index (κ1) is 17.3. The van der Waals surface area contributed by atoms with E-state index in [-0.39, 0.29) is 5.91 Å². The van der Waals surface area contributed by atoms with Crippen molar-refractivity contribution in [3.8, 4) is 5.69 Å². The summed E-state index contributed by atoms with van der Waals surface area (Å²) < 4.78 is 6.98. The molecule has 3 aromatic rings. The SMILES string of the molecule is Cc1ccc(-n2ccnc2SCCC(=O)Nc2cc(C)on2)c(C)c1. The predicted molar refractivity (Wildman–Crippen MR) is 98.2 cm³/mol. The lowest BCUT2D eigenvalue weighted by molar-refractivity contribution is -0.115. The van der Waals surface area contributed by atoms with Crippen LogP contribution in [0.25, 0.3) is 5.69 Å². The third-order valence-corrected chi connectivity index (χ3v) is 4.64. The maximum Gasteiger partial charge on any atom is 0.226 e. The van der Waals surface area contributed by atoms with Crippen molar-refractivity contribution < 1.29 is 9.32 Å². The van der Waals surface area contributed by atoms with Crippen molar-refractivity contribution in [3.05, 3.63) is 53.5 Å². The van der Waals surface area contributed by atoms with E-state index in [1.54, 1.807) is 30.9 Å². The van der Waals surface area contributed by atoms with Crippen LogP contribution in [0.4, 0.5) is 5.82 Å². The molecule has 0 fully saturated rings. The van der Waals surface area contributed by atoms with Gasteiger partial charge in [-0.15, -0.1) is 0 Å². The molecule has 1 N–H and O–H groups in total. The number of nitrogens with one attached hydrogen (secondary N) is 1. The number of aryl methyl sites for hydroxylation is 3. The summed E-state index contributed by atoms with van der Waals surface area (Å²) in [4.78, 5) is 16.4. The van der Waals surface area contributed by atoms with Gasteiger partial charge < -0.3 is 9.84 Å². The maximum absolute atomic E-state index is 12.0. The van der Waals surface area contributed by atoms with Crippen LogP contribution in [-0.4, -0.2) is 26.4 Å². The molecule has 1 amide bonds. The molecule has 1 aromatic carbocycles. The number of rotatable bonds is 6. The molecule has 0 aliphatic heterocycles. The minimum Gasteiger partial charge on any atom is -0.360 e. The highest BCUT2D eigenvalue weighted by Crippen LogP contribution is 2.24. The molecule has 7 heteroatoms. The van der Waals surface area contributed by atoms with E-state index in [1.165, 1.54) is 11.1 Å². The first-order chi connectivity index (χ1) is 12.0. The van der Waals surface area contributed by atoms with Crippen molar-refractivity contribution in [1.29, 1.82) is 0 Å². The fourth-order valence-electron chi connectivity index (χ4n) is 2.52. The zero-order valence-corrected chi connectivity index (χ0v) is 15.3. The van der Waals surface area contributed by atoms with Gasteiger partial charge in [0, 0.05) is 30.6 Å². The lowest BCUT2D eigenvalue weighted by Crippen LogP contribution is -2.12. The molecule has 2 heterocycles. The Morgan fingerprint density at radius 2 is 2.12 bits per heavy atom. The van der Waals surface area contributed by atoms with Gasteiger partial charge in [0.2, 0.25) is 5.91 Å². The van der Waals surface area contributed by atoms with Crippen LogP contribution in [0, 0.1) is 20.8 Å². The minimum absolute atomic E-state index is 0.0922. The molecule has 0 spiro atoms. The lowest BCUT2D eigenvalue weighted by atomic mass is 10.1. The highest BCUT2D eigenvalue weighted by atomic mass is 32.2. The monoisotopic (exact) mass is 356 g/mol. The third-order valence-electron chi connectivity index (χ3n) is 3.67. The van der Waals surface area contributed by atoms with Gasteiger partial charge in [-0.25, -0.2) is 4.98 Å². The van der Waals surface area contributed by atoms with Crippen LogP contribution in [-0.2, 0) is 4.79 Å². The second-order valence-electron chi connectivity index (χ2n) is 5.84. The quantitative estimate of drug-likeness (QED) is 0.678. The summed E-state index contributed by atoms with van der Waals surface area (Å²) in [6.07, 6.45) is 4.09. The molecule has 0 unspecified atom stereocenters. The van der Waals surface area contributed by atoms with Gasteiger partial charge in [-0.2, -0.15) is 0 Å². The maximum atomic E-state index is 12.0. The minimum atomic E-state index is -0.0922. The Balaban J connectivity index is 1.59. The molecule has 0 bridgehead atoms. The van der Waals surface area contributed by atoms with Crippen molar-refractivity contribution in [3.63, 3.8) is 0 Å². The number of aromatic nitrogens is 3. The predicted octanol–water partition coefficient (Wildman–Crippen LogP) is 3.91. The number of anilines is 1. The number of nitrogens with zero attached hydrogens (tertiary/aromatic N) is 3. The highest BCUT2D eigenvalue weighted by molar-refractivity contribution is 7.99. The Kier molecular flexibility index (Phi) is 5.23. The fourth-order valence-corrected chi connectivity index (χ4v) is 3.42. The zero-order valence-electron chi connectivity index (χ0n) is 14.4. The van der Waals surface area contributed by atoms with Gasteiger partial charge in [0.05, 0.1) is 5.69 Å². The topological polar surface area (TPSA) is 73.0 Å². The summed E-state index contributed by atoms with van der Waals surface area (Å²) in [7, 11) is 0. The van der Waals surface area contributed by atoms with E-state index in [4.69, 9.17) is 4.52 Å². The molecule has 3 rings (SSSR count). The molecule has 0 saturated carbocycles. The molecule has 0 saturated heterocycles. The number of hydrogen-bond donors (Lipinski definition) is 1.